The van der Waals surface area contributed by atoms with E-state index in [0.717, 1.165) is 16.9 Å². The van der Waals surface area contributed by atoms with Crippen LogP contribution in [0, 0.1) is 5.82 Å². The fourth-order valence-corrected chi connectivity index (χ4v) is 3.93. The predicted molar refractivity (Wildman–Crippen MR) is 124 cm³/mol. The molecule has 164 valence electrons. The summed E-state index contributed by atoms with van der Waals surface area (Å²) in [6.45, 7) is 0.759. The second-order valence-corrected chi connectivity index (χ2v) is 7.77. The SMILES string of the molecule is COc1ccccc1C(=O)NCCCc1nc2ccccc2n1Cc1c(F)cccc1Cl. The van der Waals surface area contributed by atoms with Crippen molar-refractivity contribution in [1.29, 1.82) is 0 Å². The lowest BCUT2D eigenvalue weighted by Crippen LogP contribution is -2.25. The van der Waals surface area contributed by atoms with Gasteiger partial charge in [-0.1, -0.05) is 41.9 Å². The molecule has 0 unspecified atom stereocenters. The number of para-hydroxylation sites is 3. The molecule has 4 aromatic rings. The van der Waals surface area contributed by atoms with Gasteiger partial charge >= 0.3 is 0 Å². The van der Waals surface area contributed by atoms with E-state index in [9.17, 15) is 9.18 Å². The average Bonchev–Trinajstić information content (AvgIpc) is 3.16. The highest BCUT2D eigenvalue weighted by atomic mass is 35.5. The zero-order chi connectivity index (χ0) is 22.5. The number of hydrogen-bond donors (Lipinski definition) is 1. The summed E-state index contributed by atoms with van der Waals surface area (Å²) in [4.78, 5) is 17.2. The number of imidazole rings is 1. The maximum Gasteiger partial charge on any atom is 0.255 e. The molecule has 0 atom stereocenters. The van der Waals surface area contributed by atoms with Gasteiger partial charge in [0.2, 0.25) is 0 Å². The second-order valence-electron chi connectivity index (χ2n) is 7.36. The Morgan fingerprint density at radius 1 is 1.09 bits per heavy atom. The highest BCUT2D eigenvalue weighted by Crippen LogP contribution is 2.24. The Kier molecular flexibility index (Phi) is 6.71. The Bertz CT molecular complexity index is 1230. The van der Waals surface area contributed by atoms with Gasteiger partial charge in [0.15, 0.2) is 0 Å². The monoisotopic (exact) mass is 451 g/mol. The second kappa shape index (κ2) is 9.83. The van der Waals surface area contributed by atoms with E-state index in [0.29, 0.717) is 41.3 Å². The van der Waals surface area contributed by atoms with Crippen molar-refractivity contribution < 1.29 is 13.9 Å². The molecular weight excluding hydrogens is 429 g/mol. The fraction of sp³-hybridized carbons (Fsp3) is 0.200. The zero-order valence-corrected chi connectivity index (χ0v) is 18.4. The fourth-order valence-electron chi connectivity index (χ4n) is 3.71. The minimum atomic E-state index is -0.342. The zero-order valence-electron chi connectivity index (χ0n) is 17.6. The largest absolute Gasteiger partial charge is 0.496 e. The summed E-state index contributed by atoms with van der Waals surface area (Å²) in [6, 6.07) is 19.5. The highest BCUT2D eigenvalue weighted by Gasteiger charge is 2.15. The predicted octanol–water partition coefficient (Wildman–Crippen LogP) is 5.25. The number of carbonyl (C=O) groups is 1. The van der Waals surface area contributed by atoms with Gasteiger partial charge in [0.25, 0.3) is 5.91 Å². The maximum atomic E-state index is 14.4. The maximum absolute atomic E-state index is 14.4. The Morgan fingerprint density at radius 3 is 2.69 bits per heavy atom. The summed E-state index contributed by atoms with van der Waals surface area (Å²) in [5, 5.41) is 3.31. The van der Waals surface area contributed by atoms with Crippen LogP contribution in [-0.2, 0) is 13.0 Å². The lowest BCUT2D eigenvalue weighted by Gasteiger charge is -2.12. The number of aryl methyl sites for hydroxylation is 1. The van der Waals surface area contributed by atoms with Crippen LogP contribution >= 0.6 is 11.6 Å². The number of benzene rings is 3. The van der Waals surface area contributed by atoms with Gasteiger partial charge in [-0.2, -0.15) is 0 Å². The summed E-state index contributed by atoms with van der Waals surface area (Å²) >= 11 is 6.26. The van der Waals surface area contributed by atoms with Crippen LogP contribution in [0.2, 0.25) is 5.02 Å². The van der Waals surface area contributed by atoms with Crippen molar-refractivity contribution in [2.45, 2.75) is 19.4 Å². The quantitative estimate of drug-likeness (QED) is 0.372. The number of ether oxygens (including phenoxy) is 1. The number of rotatable bonds is 8. The third-order valence-corrected chi connectivity index (χ3v) is 5.68. The van der Waals surface area contributed by atoms with E-state index in [1.807, 2.05) is 34.9 Å². The number of aromatic nitrogens is 2. The first-order valence-electron chi connectivity index (χ1n) is 10.4. The van der Waals surface area contributed by atoms with Gasteiger partial charge in [-0.15, -0.1) is 0 Å². The lowest BCUT2D eigenvalue weighted by molar-refractivity contribution is 0.0950. The number of nitrogens with zero attached hydrogens (tertiary/aromatic N) is 2. The molecule has 0 aliphatic rings. The van der Waals surface area contributed by atoms with Gasteiger partial charge in [0.1, 0.15) is 17.4 Å². The van der Waals surface area contributed by atoms with E-state index in [1.165, 1.54) is 6.07 Å². The standard InChI is InChI=1S/C25H23ClFN3O2/c1-32-23-13-5-2-8-17(23)25(31)28-15-7-14-24-29-21-11-3-4-12-22(21)30(24)16-18-19(26)9-6-10-20(18)27/h2-6,8-13H,7,14-16H2,1H3,(H,28,31). The summed E-state index contributed by atoms with van der Waals surface area (Å²) in [5.41, 5.74) is 2.69. The van der Waals surface area contributed by atoms with Crippen molar-refractivity contribution in [3.63, 3.8) is 0 Å². The summed E-state index contributed by atoms with van der Waals surface area (Å²) in [5.74, 6) is 0.824. The summed E-state index contributed by atoms with van der Waals surface area (Å²) in [7, 11) is 1.54. The van der Waals surface area contributed by atoms with Crippen molar-refractivity contribution in [3.8, 4) is 5.75 Å². The topological polar surface area (TPSA) is 56.1 Å². The first kappa shape index (κ1) is 21.8. The molecule has 0 spiro atoms. The van der Waals surface area contributed by atoms with E-state index in [2.05, 4.69) is 5.32 Å². The molecule has 5 nitrogen and oxygen atoms in total. The Hall–Kier alpha value is -3.38. The molecule has 0 saturated carbocycles. The van der Waals surface area contributed by atoms with Gasteiger partial charge in [-0.3, -0.25) is 4.79 Å². The van der Waals surface area contributed by atoms with Crippen LogP contribution < -0.4 is 10.1 Å². The Labute approximate surface area is 190 Å². The third-order valence-electron chi connectivity index (χ3n) is 5.33. The number of fused-ring (bicyclic) bond motifs is 1. The molecule has 32 heavy (non-hydrogen) atoms. The summed E-state index contributed by atoms with van der Waals surface area (Å²) in [6.07, 6.45) is 1.29. The Balaban J connectivity index is 1.49. The molecule has 1 N–H and O–H groups in total. The van der Waals surface area contributed by atoms with Crippen LogP contribution in [0.1, 0.15) is 28.2 Å². The molecule has 1 heterocycles. The molecule has 1 amide bonds. The van der Waals surface area contributed by atoms with Gasteiger partial charge in [0.05, 0.1) is 30.3 Å². The molecule has 4 rings (SSSR count). The van der Waals surface area contributed by atoms with Crippen LogP contribution in [-0.4, -0.2) is 29.1 Å². The number of carbonyl (C=O) groups excluding carboxylic acids is 1. The van der Waals surface area contributed by atoms with Crippen LogP contribution in [0.5, 0.6) is 5.75 Å². The van der Waals surface area contributed by atoms with Crippen LogP contribution in [0.4, 0.5) is 4.39 Å². The smallest absolute Gasteiger partial charge is 0.255 e. The molecule has 0 radical (unpaired) electrons. The van der Waals surface area contributed by atoms with E-state index in [1.54, 1.807) is 37.4 Å². The van der Waals surface area contributed by atoms with Crippen molar-refractivity contribution in [2.75, 3.05) is 13.7 Å². The van der Waals surface area contributed by atoms with Crippen LogP contribution in [0.3, 0.4) is 0 Å². The summed E-state index contributed by atoms with van der Waals surface area (Å²) < 4.78 is 21.7. The number of nitrogens with one attached hydrogen (secondary N) is 1. The first-order valence-corrected chi connectivity index (χ1v) is 10.7. The lowest BCUT2D eigenvalue weighted by atomic mass is 10.2. The van der Waals surface area contributed by atoms with Crippen LogP contribution in [0.25, 0.3) is 11.0 Å². The van der Waals surface area contributed by atoms with Crippen molar-refractivity contribution >= 4 is 28.5 Å². The van der Waals surface area contributed by atoms with Gasteiger partial charge in [0, 0.05) is 23.6 Å². The molecule has 0 saturated heterocycles. The minimum absolute atomic E-state index is 0.186. The molecule has 1 aromatic heterocycles. The van der Waals surface area contributed by atoms with E-state index < -0.39 is 0 Å². The first-order chi connectivity index (χ1) is 15.6. The third kappa shape index (κ3) is 4.60. The number of hydrogen-bond acceptors (Lipinski definition) is 3. The van der Waals surface area contributed by atoms with E-state index >= 15 is 0 Å². The molecule has 0 aliphatic carbocycles. The molecular formula is C25H23ClFN3O2. The van der Waals surface area contributed by atoms with Crippen LogP contribution in [0.15, 0.2) is 66.7 Å². The van der Waals surface area contributed by atoms with E-state index in [-0.39, 0.29) is 18.3 Å². The van der Waals surface area contributed by atoms with Gasteiger partial charge in [-0.25, -0.2) is 9.37 Å². The van der Waals surface area contributed by atoms with Crippen molar-refractivity contribution in [2.24, 2.45) is 0 Å². The molecule has 0 aliphatic heterocycles. The van der Waals surface area contributed by atoms with Crippen molar-refractivity contribution in [1.82, 2.24) is 14.9 Å². The molecule has 0 fully saturated rings. The highest BCUT2D eigenvalue weighted by molar-refractivity contribution is 6.31. The number of amides is 1. The molecule has 3 aromatic carbocycles. The molecule has 0 bridgehead atoms. The molecule has 7 heteroatoms. The average molecular weight is 452 g/mol. The Morgan fingerprint density at radius 2 is 1.88 bits per heavy atom. The number of halogens is 2. The minimum Gasteiger partial charge on any atom is -0.496 e. The normalized spacial score (nSPS) is 11.0. The van der Waals surface area contributed by atoms with E-state index in [4.69, 9.17) is 21.3 Å². The van der Waals surface area contributed by atoms with Crippen molar-refractivity contribution in [3.05, 3.63) is 94.5 Å². The number of methoxy groups -OCH3 is 1. The van der Waals surface area contributed by atoms with Gasteiger partial charge < -0.3 is 14.6 Å². The van der Waals surface area contributed by atoms with Gasteiger partial charge in [-0.05, 0) is 42.8 Å².